The highest BCUT2D eigenvalue weighted by Gasteiger charge is 2.42. The van der Waals surface area contributed by atoms with E-state index in [2.05, 4.69) is 16.0 Å². The second kappa shape index (κ2) is 19.1. The molecular weight excluding hydrogens is 686 g/mol. The Morgan fingerprint density at radius 3 is 1.83 bits per heavy atom. The molecule has 52 heavy (non-hydrogen) atoms. The van der Waals surface area contributed by atoms with Gasteiger partial charge in [-0.2, -0.15) is 0 Å². The third-order valence-electron chi connectivity index (χ3n) is 8.86. The Kier molecular flexibility index (Phi) is 15.0. The number of rotatable bonds is 19. The van der Waals surface area contributed by atoms with Gasteiger partial charge in [0.25, 0.3) is 0 Å². The lowest BCUT2D eigenvalue weighted by Crippen LogP contribution is -2.59. The van der Waals surface area contributed by atoms with Crippen molar-refractivity contribution in [3.63, 3.8) is 0 Å². The molecule has 2 aliphatic heterocycles. The molecule has 2 aliphatic rings. The predicted octanol–water partition coefficient (Wildman–Crippen LogP) is -2.32. The number of carbonyl (C=O) groups is 9. The Balaban J connectivity index is 1.80. The van der Waals surface area contributed by atoms with Gasteiger partial charge in [0.15, 0.2) is 0 Å². The molecule has 0 bridgehead atoms. The number of benzene rings is 1. The van der Waals surface area contributed by atoms with Gasteiger partial charge in [0.2, 0.25) is 35.4 Å². The van der Waals surface area contributed by atoms with Gasteiger partial charge < -0.3 is 52.5 Å². The van der Waals surface area contributed by atoms with Crippen molar-refractivity contribution >= 4 is 53.4 Å². The second-order valence-corrected chi connectivity index (χ2v) is 12.7. The average molecular weight is 732 g/mol. The lowest BCUT2D eigenvalue weighted by atomic mass is 10.0. The van der Waals surface area contributed by atoms with Crippen LogP contribution in [0.5, 0.6) is 0 Å². The van der Waals surface area contributed by atoms with Crippen molar-refractivity contribution in [1.29, 1.82) is 0 Å². The van der Waals surface area contributed by atoms with Gasteiger partial charge in [-0.05, 0) is 44.1 Å². The maximum Gasteiger partial charge on any atom is 0.326 e. The van der Waals surface area contributed by atoms with Crippen LogP contribution in [0.25, 0.3) is 0 Å². The van der Waals surface area contributed by atoms with Crippen LogP contribution in [-0.4, -0.2) is 128 Å². The number of carboxylic acid groups (broad SMARTS) is 3. The number of amides is 6. The van der Waals surface area contributed by atoms with Gasteiger partial charge in [0.1, 0.15) is 30.2 Å². The number of nitrogens with zero attached hydrogens (tertiary/aromatic N) is 2. The molecule has 0 radical (unpaired) electrons. The molecule has 2 saturated heterocycles. The molecule has 3 rings (SSSR count). The van der Waals surface area contributed by atoms with E-state index in [1.54, 1.807) is 30.3 Å². The van der Waals surface area contributed by atoms with E-state index in [1.165, 1.54) is 4.90 Å². The van der Waals surface area contributed by atoms with Crippen molar-refractivity contribution in [3.05, 3.63) is 35.9 Å². The molecule has 0 spiro atoms. The third-order valence-corrected chi connectivity index (χ3v) is 8.86. The molecule has 6 atom stereocenters. The first-order chi connectivity index (χ1) is 24.6. The van der Waals surface area contributed by atoms with Crippen LogP contribution in [-0.2, 0) is 49.6 Å². The molecule has 0 aromatic heterocycles. The van der Waals surface area contributed by atoms with Crippen LogP contribution in [0.2, 0.25) is 0 Å². The largest absolute Gasteiger partial charge is 0.481 e. The van der Waals surface area contributed by atoms with E-state index in [0.717, 1.165) is 4.90 Å². The molecule has 2 heterocycles. The number of hydrogen-bond acceptors (Lipinski definition) is 10. The molecule has 19 heteroatoms. The normalized spacial score (nSPS) is 19.1. The summed E-state index contributed by atoms with van der Waals surface area (Å²) < 4.78 is 0. The zero-order chi connectivity index (χ0) is 38.5. The Hall–Kier alpha value is -5.59. The fourth-order valence-corrected chi connectivity index (χ4v) is 6.21. The lowest BCUT2D eigenvalue weighted by molar-refractivity contribution is -0.149. The van der Waals surface area contributed by atoms with Crippen LogP contribution in [0.3, 0.4) is 0 Å². The molecule has 1 aromatic rings. The van der Waals surface area contributed by atoms with Crippen molar-refractivity contribution in [2.45, 2.75) is 100 Å². The van der Waals surface area contributed by atoms with Crippen molar-refractivity contribution in [2.24, 2.45) is 11.5 Å². The Labute approximate surface area is 298 Å². The SMILES string of the molecule is NC(=O)C[C@H](NC(=O)[C@H](CCC(=O)O)NC(=O)[C@@H](N)CCC(=O)O)C(=O)N1CCC[C@H]1C(=O)N[C@@H](Cc1ccccc1)C(=O)N1CCC[C@H]1C(=O)O. The van der Waals surface area contributed by atoms with E-state index in [4.69, 9.17) is 16.6 Å². The zero-order valence-corrected chi connectivity index (χ0v) is 28.4. The van der Waals surface area contributed by atoms with Crippen LogP contribution >= 0.6 is 0 Å². The van der Waals surface area contributed by atoms with Gasteiger partial charge in [-0.15, -0.1) is 0 Å². The van der Waals surface area contributed by atoms with Crippen molar-refractivity contribution in [1.82, 2.24) is 25.8 Å². The van der Waals surface area contributed by atoms with Gasteiger partial charge in [0.05, 0.1) is 12.5 Å². The standard InChI is InChI=1S/C33H45N7O12/c34-19(10-12-26(42)43)28(46)36-20(11-13-27(44)45)29(47)37-22(17-25(35)41)32(50)39-14-4-8-23(39)30(48)38-21(16-18-6-2-1-3-7-18)31(49)40-15-5-9-24(40)33(51)52/h1-3,6-7,19-24H,4-5,8-17,34H2,(H2,35,41)(H,36,46)(H,37,47)(H,38,48)(H,42,43)(H,44,45)(H,51,52)/t19-,20-,21-,22-,23-,24-/m0/s1. The summed E-state index contributed by atoms with van der Waals surface area (Å²) in [4.78, 5) is 116. The number of carboxylic acids is 3. The highest BCUT2D eigenvalue weighted by molar-refractivity contribution is 5.98. The van der Waals surface area contributed by atoms with Crippen LogP contribution < -0.4 is 27.4 Å². The fourth-order valence-electron chi connectivity index (χ4n) is 6.21. The summed E-state index contributed by atoms with van der Waals surface area (Å²) in [6.45, 7) is 0.200. The van der Waals surface area contributed by atoms with Gasteiger partial charge in [-0.1, -0.05) is 30.3 Å². The summed E-state index contributed by atoms with van der Waals surface area (Å²) in [5.74, 6) is -8.94. The predicted molar refractivity (Wildman–Crippen MR) is 179 cm³/mol. The average Bonchev–Trinajstić information content (AvgIpc) is 3.79. The molecule has 0 unspecified atom stereocenters. The number of carbonyl (C=O) groups excluding carboxylic acids is 6. The number of nitrogens with two attached hydrogens (primary N) is 2. The summed E-state index contributed by atoms with van der Waals surface area (Å²) >= 11 is 0. The zero-order valence-electron chi connectivity index (χ0n) is 28.4. The Morgan fingerprint density at radius 1 is 0.712 bits per heavy atom. The van der Waals surface area contributed by atoms with Gasteiger partial charge in [-0.3, -0.25) is 38.4 Å². The Morgan fingerprint density at radius 2 is 1.25 bits per heavy atom. The first-order valence-electron chi connectivity index (χ1n) is 16.8. The van der Waals surface area contributed by atoms with Crippen molar-refractivity contribution < 1.29 is 58.5 Å². The topological polar surface area (TPSA) is 309 Å². The molecule has 0 aliphatic carbocycles. The third kappa shape index (κ3) is 11.7. The second-order valence-electron chi connectivity index (χ2n) is 12.7. The lowest BCUT2D eigenvalue weighted by Gasteiger charge is -2.31. The van der Waals surface area contributed by atoms with Gasteiger partial charge in [0, 0.05) is 32.4 Å². The highest BCUT2D eigenvalue weighted by Crippen LogP contribution is 2.22. The van der Waals surface area contributed by atoms with E-state index in [9.17, 15) is 53.4 Å². The molecule has 6 amide bonds. The highest BCUT2D eigenvalue weighted by atomic mass is 16.4. The van der Waals surface area contributed by atoms with E-state index in [-0.39, 0.29) is 38.8 Å². The molecule has 10 N–H and O–H groups in total. The molecule has 19 nitrogen and oxygen atoms in total. The van der Waals surface area contributed by atoms with Crippen LogP contribution in [0.4, 0.5) is 0 Å². The van der Waals surface area contributed by atoms with E-state index in [0.29, 0.717) is 18.4 Å². The number of hydrogen-bond donors (Lipinski definition) is 8. The van der Waals surface area contributed by atoms with E-state index < -0.39 is 115 Å². The van der Waals surface area contributed by atoms with Crippen LogP contribution in [0, 0.1) is 0 Å². The molecule has 284 valence electrons. The fraction of sp³-hybridized carbons (Fsp3) is 0.545. The summed E-state index contributed by atoms with van der Waals surface area (Å²) in [6.07, 6.45) is -1.31. The number of nitrogens with one attached hydrogen (secondary N) is 3. The van der Waals surface area contributed by atoms with Crippen molar-refractivity contribution in [3.8, 4) is 0 Å². The van der Waals surface area contributed by atoms with Crippen LogP contribution in [0.15, 0.2) is 30.3 Å². The minimum Gasteiger partial charge on any atom is -0.481 e. The summed E-state index contributed by atoms with van der Waals surface area (Å²) in [6, 6.07) is 0.751. The van der Waals surface area contributed by atoms with Crippen molar-refractivity contribution in [2.75, 3.05) is 13.1 Å². The number of primary amides is 1. The van der Waals surface area contributed by atoms with E-state index in [1.807, 2.05) is 0 Å². The maximum absolute atomic E-state index is 13.9. The van der Waals surface area contributed by atoms with Gasteiger partial charge in [-0.25, -0.2) is 4.79 Å². The Bertz CT molecular complexity index is 1520. The summed E-state index contributed by atoms with van der Waals surface area (Å²) in [5, 5.41) is 35.0. The smallest absolute Gasteiger partial charge is 0.326 e. The summed E-state index contributed by atoms with van der Waals surface area (Å²) in [5.41, 5.74) is 11.8. The summed E-state index contributed by atoms with van der Waals surface area (Å²) in [7, 11) is 0. The maximum atomic E-state index is 13.9. The molecule has 0 saturated carbocycles. The number of aliphatic carboxylic acids is 3. The number of likely N-dealkylation sites (tertiary alicyclic amines) is 2. The molecular formula is C33H45N7O12. The minimum atomic E-state index is -1.65. The molecule has 1 aromatic carbocycles. The first-order valence-corrected chi connectivity index (χ1v) is 16.8. The van der Waals surface area contributed by atoms with E-state index >= 15 is 0 Å². The minimum absolute atomic E-state index is 0.0180. The quantitative estimate of drug-likeness (QED) is 0.0742. The van der Waals surface area contributed by atoms with Crippen LogP contribution in [0.1, 0.15) is 63.4 Å². The first kappa shape index (κ1) is 40.8. The van der Waals surface area contributed by atoms with Gasteiger partial charge >= 0.3 is 17.9 Å². The monoisotopic (exact) mass is 731 g/mol. The molecule has 2 fully saturated rings.